The number of carboxylic acids is 1. The molecule has 1 aliphatic carbocycles. The first-order valence-electron chi connectivity index (χ1n) is 5.32. The summed E-state index contributed by atoms with van der Waals surface area (Å²) in [6, 6.07) is 0. The second-order valence-electron chi connectivity index (χ2n) is 3.85. The minimum Gasteiger partial charge on any atom is -0.481 e. The van der Waals surface area contributed by atoms with Crippen LogP contribution in [-0.4, -0.2) is 49.7 Å². The fraction of sp³-hybridized carbons (Fsp3) is 0.700. The molecule has 7 nitrogen and oxygen atoms in total. The highest BCUT2D eigenvalue weighted by molar-refractivity contribution is 5.91. The van der Waals surface area contributed by atoms with Gasteiger partial charge in [-0.3, -0.25) is 14.4 Å². The number of ether oxygens (including phenoxy) is 1. The molecule has 7 heteroatoms. The van der Waals surface area contributed by atoms with Crippen LogP contribution in [0.3, 0.4) is 0 Å². The molecule has 0 aliphatic heterocycles. The van der Waals surface area contributed by atoms with Crippen molar-refractivity contribution in [2.75, 3.05) is 26.8 Å². The lowest BCUT2D eigenvalue weighted by Gasteiger charge is -2.05. The summed E-state index contributed by atoms with van der Waals surface area (Å²) in [5.41, 5.74) is 0. The van der Waals surface area contributed by atoms with E-state index in [1.165, 1.54) is 7.11 Å². The highest BCUT2D eigenvalue weighted by atomic mass is 16.5. The van der Waals surface area contributed by atoms with Gasteiger partial charge in [0, 0.05) is 13.7 Å². The molecule has 1 rings (SSSR count). The van der Waals surface area contributed by atoms with Gasteiger partial charge in [0.05, 0.1) is 25.0 Å². The molecule has 3 N–H and O–H groups in total. The summed E-state index contributed by atoms with van der Waals surface area (Å²) in [6.45, 7) is 0.654. The average Bonchev–Trinajstić information content (AvgIpc) is 3.06. The molecule has 2 atom stereocenters. The van der Waals surface area contributed by atoms with E-state index >= 15 is 0 Å². The van der Waals surface area contributed by atoms with Crippen molar-refractivity contribution in [2.45, 2.75) is 6.42 Å². The molecule has 0 aromatic heterocycles. The normalized spacial score (nSPS) is 21.7. The van der Waals surface area contributed by atoms with Gasteiger partial charge in [-0.2, -0.15) is 0 Å². The molecular formula is C10H16N2O5. The van der Waals surface area contributed by atoms with E-state index in [0.717, 1.165) is 0 Å². The first kappa shape index (κ1) is 13.4. The summed E-state index contributed by atoms with van der Waals surface area (Å²) in [7, 11) is 1.52. The zero-order chi connectivity index (χ0) is 12.8. The minimum atomic E-state index is -0.963. The fourth-order valence-electron chi connectivity index (χ4n) is 1.41. The van der Waals surface area contributed by atoms with E-state index in [4.69, 9.17) is 9.84 Å². The van der Waals surface area contributed by atoms with Crippen molar-refractivity contribution < 1.29 is 24.2 Å². The van der Waals surface area contributed by atoms with Crippen LogP contribution in [0.1, 0.15) is 6.42 Å². The molecule has 1 saturated carbocycles. The Bertz CT molecular complexity index is 318. The summed E-state index contributed by atoms with van der Waals surface area (Å²) >= 11 is 0. The number of hydrogen-bond donors (Lipinski definition) is 3. The van der Waals surface area contributed by atoms with E-state index < -0.39 is 17.8 Å². The van der Waals surface area contributed by atoms with E-state index in [2.05, 4.69) is 10.6 Å². The Morgan fingerprint density at radius 1 is 1.29 bits per heavy atom. The number of nitrogens with one attached hydrogen (secondary N) is 2. The molecule has 17 heavy (non-hydrogen) atoms. The molecule has 0 bridgehead atoms. The Labute approximate surface area is 98.5 Å². The van der Waals surface area contributed by atoms with Gasteiger partial charge in [-0.1, -0.05) is 0 Å². The minimum absolute atomic E-state index is 0.134. The topological polar surface area (TPSA) is 105 Å². The van der Waals surface area contributed by atoms with Gasteiger partial charge < -0.3 is 20.5 Å². The molecule has 0 heterocycles. The van der Waals surface area contributed by atoms with Gasteiger partial charge in [0.1, 0.15) is 0 Å². The molecule has 1 aliphatic rings. The second-order valence-corrected chi connectivity index (χ2v) is 3.85. The number of amides is 2. The molecule has 0 aromatic rings. The molecule has 1 fully saturated rings. The van der Waals surface area contributed by atoms with E-state index in [-0.39, 0.29) is 18.4 Å². The number of methoxy groups -OCH3 is 1. The smallest absolute Gasteiger partial charge is 0.307 e. The van der Waals surface area contributed by atoms with Crippen molar-refractivity contribution in [3.05, 3.63) is 0 Å². The van der Waals surface area contributed by atoms with Crippen LogP contribution in [0.25, 0.3) is 0 Å². The molecule has 2 unspecified atom stereocenters. The number of rotatable bonds is 7. The average molecular weight is 244 g/mol. The number of carboxylic acid groups (broad SMARTS) is 1. The van der Waals surface area contributed by atoms with Crippen LogP contribution in [0.2, 0.25) is 0 Å². The van der Waals surface area contributed by atoms with Crippen molar-refractivity contribution in [2.24, 2.45) is 11.8 Å². The van der Waals surface area contributed by atoms with Crippen LogP contribution in [0.4, 0.5) is 0 Å². The number of aliphatic carboxylic acids is 1. The van der Waals surface area contributed by atoms with Gasteiger partial charge in [0.2, 0.25) is 11.8 Å². The van der Waals surface area contributed by atoms with E-state index in [1.807, 2.05) is 0 Å². The van der Waals surface area contributed by atoms with Crippen LogP contribution >= 0.6 is 0 Å². The Balaban J connectivity index is 2.12. The zero-order valence-corrected chi connectivity index (χ0v) is 9.56. The van der Waals surface area contributed by atoms with Crippen molar-refractivity contribution in [1.29, 1.82) is 0 Å². The van der Waals surface area contributed by atoms with Gasteiger partial charge in [0.15, 0.2) is 0 Å². The van der Waals surface area contributed by atoms with Gasteiger partial charge >= 0.3 is 5.97 Å². The van der Waals surface area contributed by atoms with Crippen molar-refractivity contribution in [3.63, 3.8) is 0 Å². The fourth-order valence-corrected chi connectivity index (χ4v) is 1.41. The third kappa shape index (κ3) is 4.39. The Morgan fingerprint density at radius 3 is 2.53 bits per heavy atom. The Morgan fingerprint density at radius 2 is 2.00 bits per heavy atom. The van der Waals surface area contributed by atoms with Crippen LogP contribution < -0.4 is 10.6 Å². The summed E-state index contributed by atoms with van der Waals surface area (Å²) in [5.74, 6) is -2.73. The maximum Gasteiger partial charge on any atom is 0.307 e. The molecule has 0 spiro atoms. The highest BCUT2D eigenvalue weighted by Crippen LogP contribution is 2.38. The lowest BCUT2D eigenvalue weighted by molar-refractivity contribution is -0.140. The molecular weight excluding hydrogens is 228 g/mol. The predicted molar refractivity (Wildman–Crippen MR) is 57.1 cm³/mol. The van der Waals surface area contributed by atoms with Crippen LogP contribution in [0.15, 0.2) is 0 Å². The Kier molecular flexibility index (Phi) is 4.89. The zero-order valence-electron chi connectivity index (χ0n) is 9.56. The summed E-state index contributed by atoms with van der Waals surface area (Å²) in [6.07, 6.45) is 0.354. The molecule has 0 saturated heterocycles. The first-order valence-corrected chi connectivity index (χ1v) is 5.32. The van der Waals surface area contributed by atoms with Crippen molar-refractivity contribution >= 4 is 17.8 Å². The molecule has 96 valence electrons. The third-order valence-electron chi connectivity index (χ3n) is 2.50. The van der Waals surface area contributed by atoms with E-state index in [0.29, 0.717) is 19.6 Å². The lowest BCUT2D eigenvalue weighted by atomic mass is 10.3. The van der Waals surface area contributed by atoms with E-state index in [9.17, 15) is 14.4 Å². The largest absolute Gasteiger partial charge is 0.481 e. The first-order chi connectivity index (χ1) is 8.06. The molecule has 2 amide bonds. The van der Waals surface area contributed by atoms with E-state index in [1.54, 1.807) is 0 Å². The van der Waals surface area contributed by atoms with Crippen molar-refractivity contribution in [3.8, 4) is 0 Å². The summed E-state index contributed by atoms with van der Waals surface area (Å²) in [5, 5.41) is 13.6. The number of carbonyl (C=O) groups is 3. The van der Waals surface area contributed by atoms with Crippen molar-refractivity contribution in [1.82, 2.24) is 10.6 Å². The highest BCUT2D eigenvalue weighted by Gasteiger charge is 2.48. The van der Waals surface area contributed by atoms with Gasteiger partial charge in [0.25, 0.3) is 0 Å². The maximum atomic E-state index is 11.4. The van der Waals surface area contributed by atoms with Gasteiger partial charge in [-0.25, -0.2) is 0 Å². The number of hydrogen-bond acceptors (Lipinski definition) is 4. The summed E-state index contributed by atoms with van der Waals surface area (Å²) in [4.78, 5) is 33.1. The Hall–Kier alpha value is -1.63. The van der Waals surface area contributed by atoms with Gasteiger partial charge in [-0.05, 0) is 6.42 Å². The predicted octanol–water partition coefficient (Wildman–Crippen LogP) is -1.41. The second kappa shape index (κ2) is 6.19. The van der Waals surface area contributed by atoms with Gasteiger partial charge in [-0.15, -0.1) is 0 Å². The number of carbonyl (C=O) groups excluding carboxylic acids is 2. The standard InChI is InChI=1S/C10H16N2O5/c1-17-3-2-11-8(13)5-12-9(14)6-4-7(6)10(15)16/h6-7H,2-5H2,1H3,(H,11,13)(H,12,14)(H,15,16). The molecule has 0 radical (unpaired) electrons. The van der Waals surface area contributed by atoms with Crippen LogP contribution in [0, 0.1) is 11.8 Å². The quantitative estimate of drug-likeness (QED) is 0.477. The SMILES string of the molecule is COCCNC(=O)CNC(=O)C1CC1C(=O)O. The van der Waals surface area contributed by atoms with Crippen LogP contribution in [0.5, 0.6) is 0 Å². The monoisotopic (exact) mass is 244 g/mol. The lowest BCUT2D eigenvalue weighted by Crippen LogP contribution is -2.39. The maximum absolute atomic E-state index is 11.4. The third-order valence-corrected chi connectivity index (χ3v) is 2.50. The summed E-state index contributed by atoms with van der Waals surface area (Å²) < 4.78 is 4.74. The molecule has 0 aromatic carbocycles. The van der Waals surface area contributed by atoms with Crippen LogP contribution in [-0.2, 0) is 19.1 Å².